The van der Waals surface area contributed by atoms with Crippen LogP contribution in [0.25, 0.3) is 0 Å². The Morgan fingerprint density at radius 1 is 1.03 bits per heavy atom. The van der Waals surface area contributed by atoms with E-state index in [1.165, 1.54) is 11.8 Å². The minimum absolute atomic E-state index is 0.0897. The average molecular weight is 416 g/mol. The number of hydrogen-bond donors (Lipinski definition) is 3. The van der Waals surface area contributed by atoms with Crippen molar-refractivity contribution in [1.29, 1.82) is 0 Å². The van der Waals surface area contributed by atoms with Crippen LogP contribution in [0, 0.1) is 0 Å². The van der Waals surface area contributed by atoms with E-state index in [4.69, 9.17) is 9.84 Å². The van der Waals surface area contributed by atoms with Gasteiger partial charge in [0.05, 0.1) is 18.3 Å². The Balaban J connectivity index is 1.90. The van der Waals surface area contributed by atoms with E-state index in [9.17, 15) is 14.4 Å². The zero-order chi connectivity index (χ0) is 21.2. The van der Waals surface area contributed by atoms with Gasteiger partial charge in [0.1, 0.15) is 5.75 Å². The molecule has 2 aromatic rings. The third kappa shape index (κ3) is 7.87. The summed E-state index contributed by atoms with van der Waals surface area (Å²) in [5.74, 6) is -0.780. The molecule has 0 spiro atoms. The lowest BCUT2D eigenvalue weighted by molar-refractivity contribution is -0.138. The molecule has 0 aliphatic rings. The number of rotatable bonds is 10. The highest BCUT2D eigenvalue weighted by molar-refractivity contribution is 8.00. The third-order valence-electron chi connectivity index (χ3n) is 3.80. The van der Waals surface area contributed by atoms with E-state index in [0.717, 1.165) is 10.6 Å². The number of anilines is 2. The van der Waals surface area contributed by atoms with Gasteiger partial charge < -0.3 is 20.5 Å². The SMILES string of the molecule is CCOc1ccc(NC(=O)C(C)Sc2cccc(NC(=O)CCC(=O)O)c2)cc1. The fourth-order valence-corrected chi connectivity index (χ4v) is 3.32. The molecule has 29 heavy (non-hydrogen) atoms. The molecule has 8 heteroatoms. The number of thioether (sulfide) groups is 1. The molecule has 0 bridgehead atoms. The van der Waals surface area contributed by atoms with Crippen LogP contribution < -0.4 is 15.4 Å². The third-order valence-corrected chi connectivity index (χ3v) is 4.89. The first-order chi connectivity index (χ1) is 13.9. The molecule has 0 heterocycles. The highest BCUT2D eigenvalue weighted by atomic mass is 32.2. The van der Waals surface area contributed by atoms with E-state index in [1.807, 2.05) is 13.0 Å². The minimum atomic E-state index is -1.02. The Hall–Kier alpha value is -3.00. The minimum Gasteiger partial charge on any atom is -0.494 e. The van der Waals surface area contributed by atoms with Gasteiger partial charge in [-0.3, -0.25) is 14.4 Å². The monoisotopic (exact) mass is 416 g/mol. The fourth-order valence-electron chi connectivity index (χ4n) is 2.39. The Kier molecular flexibility index (Phi) is 8.54. The molecule has 2 rings (SSSR count). The van der Waals surface area contributed by atoms with Crippen molar-refractivity contribution in [2.45, 2.75) is 36.8 Å². The molecule has 0 aliphatic carbocycles. The number of aliphatic carboxylic acids is 1. The number of carboxylic acid groups (broad SMARTS) is 1. The fraction of sp³-hybridized carbons (Fsp3) is 0.286. The van der Waals surface area contributed by atoms with E-state index >= 15 is 0 Å². The number of hydrogen-bond acceptors (Lipinski definition) is 5. The van der Waals surface area contributed by atoms with E-state index in [2.05, 4.69) is 10.6 Å². The zero-order valence-electron chi connectivity index (χ0n) is 16.3. The molecule has 154 valence electrons. The first kappa shape index (κ1) is 22.3. The summed E-state index contributed by atoms with van der Waals surface area (Å²) >= 11 is 1.36. The van der Waals surface area contributed by atoms with Gasteiger partial charge in [0.25, 0.3) is 0 Å². The maximum Gasteiger partial charge on any atom is 0.303 e. The molecule has 0 radical (unpaired) electrons. The van der Waals surface area contributed by atoms with Gasteiger partial charge in [-0.2, -0.15) is 0 Å². The maximum absolute atomic E-state index is 12.5. The van der Waals surface area contributed by atoms with Crippen molar-refractivity contribution in [3.05, 3.63) is 48.5 Å². The van der Waals surface area contributed by atoms with Gasteiger partial charge in [-0.1, -0.05) is 6.07 Å². The largest absolute Gasteiger partial charge is 0.494 e. The van der Waals surface area contributed by atoms with Crippen molar-refractivity contribution < 1.29 is 24.2 Å². The van der Waals surface area contributed by atoms with Gasteiger partial charge in [0.2, 0.25) is 11.8 Å². The molecule has 3 N–H and O–H groups in total. The normalized spacial score (nSPS) is 11.4. The molecular formula is C21H24N2O5S. The van der Waals surface area contributed by atoms with Crippen molar-refractivity contribution in [2.24, 2.45) is 0 Å². The van der Waals surface area contributed by atoms with E-state index in [-0.39, 0.29) is 29.9 Å². The summed E-state index contributed by atoms with van der Waals surface area (Å²) in [7, 11) is 0. The molecule has 0 aliphatic heterocycles. The molecule has 2 amide bonds. The van der Waals surface area contributed by atoms with Crippen LogP contribution in [0.3, 0.4) is 0 Å². The molecule has 7 nitrogen and oxygen atoms in total. The number of benzene rings is 2. The first-order valence-corrected chi connectivity index (χ1v) is 10.1. The molecule has 0 aromatic heterocycles. The molecule has 2 aromatic carbocycles. The predicted octanol–water partition coefficient (Wildman–Crippen LogP) is 4.01. The number of ether oxygens (including phenoxy) is 1. The van der Waals surface area contributed by atoms with Gasteiger partial charge in [-0.15, -0.1) is 11.8 Å². The van der Waals surface area contributed by atoms with Crippen molar-refractivity contribution in [1.82, 2.24) is 0 Å². The molecule has 0 fully saturated rings. The number of carbonyl (C=O) groups is 3. The van der Waals surface area contributed by atoms with Crippen LogP contribution in [0.4, 0.5) is 11.4 Å². The molecular weight excluding hydrogens is 392 g/mol. The van der Waals surface area contributed by atoms with Gasteiger partial charge in [0.15, 0.2) is 0 Å². The molecule has 0 saturated heterocycles. The Morgan fingerprint density at radius 3 is 2.41 bits per heavy atom. The maximum atomic E-state index is 12.5. The number of amides is 2. The standard InChI is InChI=1S/C21H24N2O5S/c1-3-28-17-9-7-15(8-10-17)23-21(27)14(2)29-18-6-4-5-16(13-18)22-19(24)11-12-20(25)26/h4-10,13-14H,3,11-12H2,1-2H3,(H,22,24)(H,23,27)(H,25,26). The van der Waals surface area contributed by atoms with Crippen molar-refractivity contribution in [3.63, 3.8) is 0 Å². The zero-order valence-corrected chi connectivity index (χ0v) is 17.1. The lowest BCUT2D eigenvalue weighted by atomic mass is 10.2. The molecule has 1 unspecified atom stereocenters. The van der Waals surface area contributed by atoms with Crippen molar-refractivity contribution >= 4 is 40.9 Å². The van der Waals surface area contributed by atoms with Crippen molar-refractivity contribution in [3.8, 4) is 5.75 Å². The van der Waals surface area contributed by atoms with E-state index in [1.54, 1.807) is 49.4 Å². The first-order valence-electron chi connectivity index (χ1n) is 9.19. The van der Waals surface area contributed by atoms with Crippen LogP contribution in [0.5, 0.6) is 5.75 Å². The van der Waals surface area contributed by atoms with Crippen LogP contribution in [0.2, 0.25) is 0 Å². The second-order valence-electron chi connectivity index (χ2n) is 6.18. The summed E-state index contributed by atoms with van der Waals surface area (Å²) in [5, 5.41) is 13.8. The summed E-state index contributed by atoms with van der Waals surface area (Å²) in [6, 6.07) is 14.3. The smallest absolute Gasteiger partial charge is 0.303 e. The topological polar surface area (TPSA) is 105 Å². The highest BCUT2D eigenvalue weighted by Gasteiger charge is 2.15. The van der Waals surface area contributed by atoms with Crippen molar-refractivity contribution in [2.75, 3.05) is 17.2 Å². The van der Waals surface area contributed by atoms with Crippen LogP contribution in [-0.4, -0.2) is 34.7 Å². The number of nitrogens with one attached hydrogen (secondary N) is 2. The van der Waals surface area contributed by atoms with Crippen LogP contribution in [0.1, 0.15) is 26.7 Å². The van der Waals surface area contributed by atoms with E-state index < -0.39 is 5.97 Å². The summed E-state index contributed by atoms with van der Waals surface area (Å²) in [4.78, 5) is 35.6. The quantitative estimate of drug-likeness (QED) is 0.506. The predicted molar refractivity (Wildman–Crippen MR) is 114 cm³/mol. The van der Waals surface area contributed by atoms with Gasteiger partial charge in [0, 0.05) is 22.7 Å². The Morgan fingerprint density at radius 2 is 1.76 bits per heavy atom. The Bertz CT molecular complexity index is 854. The summed E-state index contributed by atoms with van der Waals surface area (Å²) in [6.07, 6.45) is -0.309. The lowest BCUT2D eigenvalue weighted by Gasteiger charge is -2.13. The van der Waals surface area contributed by atoms with Gasteiger partial charge in [-0.05, 0) is 56.3 Å². The van der Waals surface area contributed by atoms with Crippen LogP contribution in [-0.2, 0) is 14.4 Å². The summed E-state index contributed by atoms with van der Waals surface area (Å²) < 4.78 is 5.38. The Labute approximate surface area is 173 Å². The molecule has 0 saturated carbocycles. The lowest BCUT2D eigenvalue weighted by Crippen LogP contribution is -2.22. The number of carbonyl (C=O) groups excluding carboxylic acids is 2. The highest BCUT2D eigenvalue weighted by Crippen LogP contribution is 2.27. The number of carboxylic acids is 1. The second kappa shape index (κ2) is 11.1. The van der Waals surface area contributed by atoms with Crippen LogP contribution in [0.15, 0.2) is 53.4 Å². The molecule has 1 atom stereocenters. The van der Waals surface area contributed by atoms with Gasteiger partial charge in [-0.25, -0.2) is 0 Å². The van der Waals surface area contributed by atoms with Crippen LogP contribution >= 0.6 is 11.8 Å². The second-order valence-corrected chi connectivity index (χ2v) is 7.59. The summed E-state index contributed by atoms with van der Waals surface area (Å²) in [6.45, 7) is 4.29. The summed E-state index contributed by atoms with van der Waals surface area (Å²) in [5.41, 5.74) is 1.25. The van der Waals surface area contributed by atoms with Gasteiger partial charge >= 0.3 is 5.97 Å². The van der Waals surface area contributed by atoms with E-state index in [0.29, 0.717) is 18.0 Å². The average Bonchev–Trinajstić information content (AvgIpc) is 2.68.